The van der Waals surface area contributed by atoms with Gasteiger partial charge in [0, 0.05) is 13.1 Å². The van der Waals surface area contributed by atoms with Crippen molar-refractivity contribution in [1.29, 1.82) is 0 Å². The second-order valence-electron chi connectivity index (χ2n) is 3.73. The molecular formula is C12H18N2O. The van der Waals surface area contributed by atoms with E-state index in [1.54, 1.807) is 0 Å². The first-order valence-electron chi connectivity index (χ1n) is 5.19. The van der Waals surface area contributed by atoms with Crippen LogP contribution in [-0.2, 0) is 4.74 Å². The van der Waals surface area contributed by atoms with Crippen molar-refractivity contribution in [2.24, 2.45) is 0 Å². The van der Waals surface area contributed by atoms with E-state index in [4.69, 9.17) is 4.74 Å². The molecule has 82 valence electrons. The van der Waals surface area contributed by atoms with Crippen molar-refractivity contribution < 1.29 is 4.74 Å². The summed E-state index contributed by atoms with van der Waals surface area (Å²) in [7, 11) is 3.99. The van der Waals surface area contributed by atoms with Crippen LogP contribution < -0.4 is 0 Å². The maximum Gasteiger partial charge on any atom is 0.0613 e. The Labute approximate surface area is 92.4 Å². The molecule has 0 N–H and O–H groups in total. The molecule has 1 aliphatic heterocycles. The van der Waals surface area contributed by atoms with E-state index in [9.17, 15) is 0 Å². The Morgan fingerprint density at radius 2 is 1.80 bits per heavy atom. The maximum atomic E-state index is 5.25. The molecule has 0 aliphatic carbocycles. The summed E-state index contributed by atoms with van der Waals surface area (Å²) in [6, 6.07) is 0. The fourth-order valence-corrected chi connectivity index (χ4v) is 1.20. The van der Waals surface area contributed by atoms with Crippen LogP contribution in [0.25, 0.3) is 0 Å². The van der Waals surface area contributed by atoms with Gasteiger partial charge in [0.2, 0.25) is 0 Å². The molecule has 0 aromatic heterocycles. The Morgan fingerprint density at radius 1 is 1.13 bits per heavy atom. The van der Waals surface area contributed by atoms with Crippen molar-refractivity contribution in [2.75, 3.05) is 53.5 Å². The number of morpholine rings is 1. The van der Waals surface area contributed by atoms with Crippen LogP contribution in [0.3, 0.4) is 0 Å². The zero-order valence-electron chi connectivity index (χ0n) is 9.55. The molecule has 0 radical (unpaired) electrons. The number of hydrogen-bond acceptors (Lipinski definition) is 3. The van der Waals surface area contributed by atoms with E-state index in [1.165, 1.54) is 0 Å². The fourth-order valence-electron chi connectivity index (χ4n) is 1.20. The van der Waals surface area contributed by atoms with Crippen LogP contribution in [0, 0.1) is 23.7 Å². The Kier molecular flexibility index (Phi) is 5.88. The van der Waals surface area contributed by atoms with E-state index >= 15 is 0 Å². The van der Waals surface area contributed by atoms with Crippen molar-refractivity contribution in [3.8, 4) is 23.7 Å². The number of hydrogen-bond donors (Lipinski definition) is 0. The number of rotatable bonds is 2. The van der Waals surface area contributed by atoms with Gasteiger partial charge in [0.1, 0.15) is 0 Å². The van der Waals surface area contributed by atoms with Crippen LogP contribution in [-0.4, -0.2) is 63.3 Å². The molecule has 3 heteroatoms. The quantitative estimate of drug-likeness (QED) is 0.586. The molecule has 0 bridgehead atoms. The Balaban J connectivity index is 2.16. The molecule has 1 heterocycles. The zero-order valence-corrected chi connectivity index (χ0v) is 9.55. The smallest absolute Gasteiger partial charge is 0.0613 e. The molecule has 1 rings (SSSR count). The van der Waals surface area contributed by atoms with Crippen molar-refractivity contribution in [3.63, 3.8) is 0 Å². The molecule has 0 atom stereocenters. The largest absolute Gasteiger partial charge is 0.379 e. The lowest BCUT2D eigenvalue weighted by Gasteiger charge is -2.24. The third-order valence-corrected chi connectivity index (χ3v) is 2.04. The summed E-state index contributed by atoms with van der Waals surface area (Å²) >= 11 is 0. The van der Waals surface area contributed by atoms with Crippen LogP contribution >= 0.6 is 0 Å². The number of ether oxygens (including phenoxy) is 1. The lowest BCUT2D eigenvalue weighted by molar-refractivity contribution is 0.0443. The monoisotopic (exact) mass is 206 g/mol. The lowest BCUT2D eigenvalue weighted by Crippen LogP contribution is -2.36. The van der Waals surface area contributed by atoms with E-state index in [1.807, 2.05) is 19.0 Å². The van der Waals surface area contributed by atoms with Gasteiger partial charge in [-0.2, -0.15) is 0 Å². The highest BCUT2D eigenvalue weighted by Crippen LogP contribution is 1.94. The fraction of sp³-hybridized carbons (Fsp3) is 0.667. The highest BCUT2D eigenvalue weighted by molar-refractivity contribution is 5.26. The van der Waals surface area contributed by atoms with Gasteiger partial charge in [-0.25, -0.2) is 0 Å². The van der Waals surface area contributed by atoms with Gasteiger partial charge in [-0.15, -0.1) is 0 Å². The summed E-state index contributed by atoms with van der Waals surface area (Å²) in [6.45, 7) is 5.20. The summed E-state index contributed by atoms with van der Waals surface area (Å²) in [4.78, 5) is 4.31. The molecule has 1 saturated heterocycles. The van der Waals surface area contributed by atoms with Crippen molar-refractivity contribution >= 4 is 0 Å². The molecule has 0 amide bonds. The predicted octanol–water partition coefficient (Wildman–Crippen LogP) is -0.113. The third-order valence-electron chi connectivity index (χ3n) is 2.04. The van der Waals surface area contributed by atoms with Crippen molar-refractivity contribution in [2.45, 2.75) is 0 Å². The van der Waals surface area contributed by atoms with Crippen molar-refractivity contribution in [3.05, 3.63) is 0 Å². The van der Waals surface area contributed by atoms with Gasteiger partial charge in [-0.3, -0.25) is 9.80 Å². The molecule has 0 aromatic rings. The second kappa shape index (κ2) is 7.31. The molecule has 1 fully saturated rings. The van der Waals surface area contributed by atoms with Gasteiger partial charge in [-0.1, -0.05) is 11.8 Å². The maximum absolute atomic E-state index is 5.25. The van der Waals surface area contributed by atoms with Crippen LogP contribution in [0.15, 0.2) is 0 Å². The van der Waals surface area contributed by atoms with E-state index < -0.39 is 0 Å². The summed E-state index contributed by atoms with van der Waals surface area (Å²) < 4.78 is 5.25. The molecule has 0 spiro atoms. The van der Waals surface area contributed by atoms with E-state index in [0.29, 0.717) is 0 Å². The SMILES string of the molecule is CN(C)CC#CC#CCN1CCOCC1. The minimum absolute atomic E-state index is 0.770. The van der Waals surface area contributed by atoms with Gasteiger partial charge in [0.05, 0.1) is 26.3 Å². The highest BCUT2D eigenvalue weighted by Gasteiger charge is 2.07. The second-order valence-corrected chi connectivity index (χ2v) is 3.73. The van der Waals surface area contributed by atoms with Crippen molar-refractivity contribution in [1.82, 2.24) is 9.80 Å². The first-order chi connectivity index (χ1) is 7.29. The van der Waals surface area contributed by atoms with Gasteiger partial charge in [0.15, 0.2) is 0 Å². The van der Waals surface area contributed by atoms with Gasteiger partial charge < -0.3 is 4.74 Å². The van der Waals surface area contributed by atoms with Gasteiger partial charge in [0.25, 0.3) is 0 Å². The summed E-state index contributed by atoms with van der Waals surface area (Å²) in [5, 5.41) is 0. The molecule has 0 unspecified atom stereocenters. The standard InChI is InChI=1S/C12H18N2O/c1-13(2)7-5-3-4-6-8-14-9-11-15-12-10-14/h7-12H2,1-2H3. The first kappa shape index (κ1) is 12.1. The van der Waals surface area contributed by atoms with Crippen LogP contribution in [0.2, 0.25) is 0 Å². The molecule has 1 aliphatic rings. The Morgan fingerprint density at radius 3 is 2.47 bits per heavy atom. The summed E-state index contributed by atoms with van der Waals surface area (Å²) in [6.07, 6.45) is 0. The average Bonchev–Trinajstić information content (AvgIpc) is 2.24. The first-order valence-corrected chi connectivity index (χ1v) is 5.19. The molecule has 0 saturated carbocycles. The Hall–Kier alpha value is -1.00. The predicted molar refractivity (Wildman–Crippen MR) is 61.4 cm³/mol. The zero-order chi connectivity index (χ0) is 10.9. The molecule has 3 nitrogen and oxygen atoms in total. The normalized spacial score (nSPS) is 16.5. The minimum Gasteiger partial charge on any atom is -0.379 e. The molecule has 0 aromatic carbocycles. The van der Waals surface area contributed by atoms with Crippen LogP contribution in [0.5, 0.6) is 0 Å². The Bertz CT molecular complexity index is 284. The third kappa shape index (κ3) is 6.14. The van der Waals surface area contributed by atoms with E-state index in [-0.39, 0.29) is 0 Å². The topological polar surface area (TPSA) is 15.7 Å². The van der Waals surface area contributed by atoms with E-state index in [2.05, 4.69) is 28.6 Å². The average molecular weight is 206 g/mol. The van der Waals surface area contributed by atoms with Gasteiger partial charge in [-0.05, 0) is 25.9 Å². The molecular weight excluding hydrogens is 188 g/mol. The summed E-state index contributed by atoms with van der Waals surface area (Å²) in [5.41, 5.74) is 0. The van der Waals surface area contributed by atoms with Crippen LogP contribution in [0.4, 0.5) is 0 Å². The minimum atomic E-state index is 0.770. The van der Waals surface area contributed by atoms with Gasteiger partial charge >= 0.3 is 0 Å². The lowest BCUT2D eigenvalue weighted by atomic mass is 10.4. The highest BCUT2D eigenvalue weighted by atomic mass is 16.5. The number of nitrogens with zero attached hydrogens (tertiary/aromatic N) is 2. The van der Waals surface area contributed by atoms with E-state index in [0.717, 1.165) is 39.4 Å². The van der Waals surface area contributed by atoms with Crippen LogP contribution in [0.1, 0.15) is 0 Å². The summed E-state index contributed by atoms with van der Waals surface area (Å²) in [5.74, 6) is 11.8. The molecule has 15 heavy (non-hydrogen) atoms.